The number of amides is 1. The molecule has 1 amide bonds. The van der Waals surface area contributed by atoms with Gasteiger partial charge in [0, 0.05) is 33.9 Å². The molecule has 0 aliphatic carbocycles. The zero-order valence-corrected chi connectivity index (χ0v) is 15.8. The summed E-state index contributed by atoms with van der Waals surface area (Å²) in [4.78, 5) is 15.7. The second kappa shape index (κ2) is 8.37. The van der Waals surface area contributed by atoms with Gasteiger partial charge in [-0.2, -0.15) is 0 Å². The lowest BCUT2D eigenvalue weighted by molar-refractivity contribution is -0.129. The van der Waals surface area contributed by atoms with E-state index in [0.717, 1.165) is 44.2 Å². The maximum absolute atomic E-state index is 12.2. The standard InChI is InChI=1S/C19H21Cl2NOS/c20-15-11-14(12-16(21)13-15)8-9-22-17(6-7-19(22)23)3-1-4-18-5-2-10-24-18/h2,5,10-13,17H,1,3-4,6-9H2/t17-/m0/s1. The first-order valence-corrected chi connectivity index (χ1v) is 10.0. The average Bonchev–Trinajstić information content (AvgIpc) is 3.15. The highest BCUT2D eigenvalue weighted by molar-refractivity contribution is 7.09. The summed E-state index contributed by atoms with van der Waals surface area (Å²) in [6.07, 6.45) is 5.80. The molecule has 1 fully saturated rings. The molecule has 1 aliphatic rings. The van der Waals surface area contributed by atoms with Gasteiger partial charge >= 0.3 is 0 Å². The number of rotatable bonds is 7. The van der Waals surface area contributed by atoms with Crippen molar-refractivity contribution < 1.29 is 4.79 Å². The van der Waals surface area contributed by atoms with E-state index in [-0.39, 0.29) is 5.91 Å². The molecule has 0 bridgehead atoms. The Bertz CT molecular complexity index is 666. The lowest BCUT2D eigenvalue weighted by atomic mass is 10.1. The van der Waals surface area contributed by atoms with E-state index >= 15 is 0 Å². The fourth-order valence-corrected chi connectivity index (χ4v) is 4.69. The van der Waals surface area contributed by atoms with Crippen LogP contribution in [0.5, 0.6) is 0 Å². The van der Waals surface area contributed by atoms with Crippen LogP contribution in [0, 0.1) is 0 Å². The highest BCUT2D eigenvalue weighted by Gasteiger charge is 2.29. The summed E-state index contributed by atoms with van der Waals surface area (Å²) in [6, 6.07) is 10.3. The Hall–Kier alpha value is -1.03. The van der Waals surface area contributed by atoms with Crippen molar-refractivity contribution in [3.05, 3.63) is 56.2 Å². The van der Waals surface area contributed by atoms with E-state index in [2.05, 4.69) is 22.4 Å². The van der Waals surface area contributed by atoms with E-state index < -0.39 is 0 Å². The van der Waals surface area contributed by atoms with Gasteiger partial charge in [0.2, 0.25) is 5.91 Å². The third-order valence-corrected chi connectivity index (χ3v) is 5.93. The van der Waals surface area contributed by atoms with Crippen LogP contribution in [0.3, 0.4) is 0 Å². The first-order chi connectivity index (χ1) is 11.6. The molecule has 1 atom stereocenters. The third kappa shape index (κ3) is 4.75. The van der Waals surface area contributed by atoms with Gasteiger partial charge in [-0.1, -0.05) is 29.3 Å². The first-order valence-electron chi connectivity index (χ1n) is 8.38. The van der Waals surface area contributed by atoms with E-state index in [1.165, 1.54) is 4.88 Å². The summed E-state index contributed by atoms with van der Waals surface area (Å²) in [5.74, 6) is 0.282. The zero-order valence-electron chi connectivity index (χ0n) is 13.5. The minimum absolute atomic E-state index is 0.282. The van der Waals surface area contributed by atoms with Crippen molar-refractivity contribution in [2.45, 2.75) is 44.6 Å². The summed E-state index contributed by atoms with van der Waals surface area (Å²) in [5.41, 5.74) is 1.09. The van der Waals surface area contributed by atoms with Crippen LogP contribution in [-0.4, -0.2) is 23.4 Å². The van der Waals surface area contributed by atoms with Crippen LogP contribution in [0.4, 0.5) is 0 Å². The predicted octanol–water partition coefficient (Wildman–Crippen LogP) is 5.61. The second-order valence-electron chi connectivity index (χ2n) is 6.28. The largest absolute Gasteiger partial charge is 0.339 e. The van der Waals surface area contributed by atoms with Crippen molar-refractivity contribution in [3.8, 4) is 0 Å². The molecular weight excluding hydrogens is 361 g/mol. The molecule has 3 rings (SSSR count). The smallest absolute Gasteiger partial charge is 0.222 e. The minimum Gasteiger partial charge on any atom is -0.339 e. The van der Waals surface area contributed by atoms with E-state index in [1.807, 2.05) is 23.5 Å². The topological polar surface area (TPSA) is 20.3 Å². The van der Waals surface area contributed by atoms with Gasteiger partial charge in [0.25, 0.3) is 0 Å². The third-order valence-electron chi connectivity index (χ3n) is 4.56. The van der Waals surface area contributed by atoms with E-state index in [9.17, 15) is 4.79 Å². The number of benzene rings is 1. The summed E-state index contributed by atoms with van der Waals surface area (Å²) >= 11 is 13.9. The zero-order chi connectivity index (χ0) is 16.9. The second-order valence-corrected chi connectivity index (χ2v) is 8.18. The minimum atomic E-state index is 0.282. The van der Waals surface area contributed by atoms with Crippen LogP contribution in [0.15, 0.2) is 35.7 Å². The first kappa shape index (κ1) is 17.8. The van der Waals surface area contributed by atoms with Crippen LogP contribution in [0.2, 0.25) is 10.0 Å². The van der Waals surface area contributed by atoms with Gasteiger partial charge in [-0.25, -0.2) is 0 Å². The van der Waals surface area contributed by atoms with Crippen molar-refractivity contribution in [1.82, 2.24) is 4.90 Å². The fourth-order valence-electron chi connectivity index (χ4n) is 3.37. The SMILES string of the molecule is O=C1CC[C@H](CCCc2cccs2)N1CCc1cc(Cl)cc(Cl)c1. The molecule has 1 aromatic carbocycles. The van der Waals surface area contributed by atoms with Gasteiger partial charge in [-0.15, -0.1) is 11.3 Å². The molecule has 2 nitrogen and oxygen atoms in total. The number of nitrogens with zero attached hydrogens (tertiary/aromatic N) is 1. The number of likely N-dealkylation sites (tertiary alicyclic amines) is 1. The average molecular weight is 382 g/mol. The normalized spacial score (nSPS) is 17.7. The van der Waals surface area contributed by atoms with Crippen LogP contribution >= 0.6 is 34.5 Å². The number of carbonyl (C=O) groups excluding carboxylic acids is 1. The molecule has 0 radical (unpaired) electrons. The molecule has 0 saturated carbocycles. The van der Waals surface area contributed by atoms with Crippen LogP contribution in [0.1, 0.15) is 36.1 Å². The Morgan fingerprint density at radius 1 is 1.17 bits per heavy atom. The van der Waals surface area contributed by atoms with Gasteiger partial charge in [0.15, 0.2) is 0 Å². The van der Waals surface area contributed by atoms with Gasteiger partial charge in [-0.05, 0) is 67.3 Å². The van der Waals surface area contributed by atoms with Gasteiger partial charge in [0.1, 0.15) is 0 Å². The molecule has 0 spiro atoms. The van der Waals surface area contributed by atoms with Gasteiger partial charge in [0.05, 0.1) is 0 Å². The Morgan fingerprint density at radius 3 is 2.67 bits per heavy atom. The van der Waals surface area contributed by atoms with Crippen molar-refractivity contribution in [1.29, 1.82) is 0 Å². The Balaban J connectivity index is 1.53. The van der Waals surface area contributed by atoms with Crippen molar-refractivity contribution in [2.24, 2.45) is 0 Å². The van der Waals surface area contributed by atoms with E-state index in [4.69, 9.17) is 23.2 Å². The predicted molar refractivity (Wildman–Crippen MR) is 102 cm³/mol. The van der Waals surface area contributed by atoms with Crippen LogP contribution in [-0.2, 0) is 17.6 Å². The number of hydrogen-bond donors (Lipinski definition) is 0. The molecule has 2 aromatic rings. The Morgan fingerprint density at radius 2 is 1.96 bits per heavy atom. The van der Waals surface area contributed by atoms with E-state index in [1.54, 1.807) is 6.07 Å². The fraction of sp³-hybridized carbons (Fsp3) is 0.421. The molecule has 128 valence electrons. The highest BCUT2D eigenvalue weighted by atomic mass is 35.5. The molecule has 0 unspecified atom stereocenters. The lowest BCUT2D eigenvalue weighted by Crippen LogP contribution is -2.34. The quantitative estimate of drug-likeness (QED) is 0.609. The Labute approximate surface area is 157 Å². The van der Waals surface area contributed by atoms with Crippen molar-refractivity contribution in [3.63, 3.8) is 0 Å². The summed E-state index contributed by atoms with van der Waals surface area (Å²) < 4.78 is 0. The van der Waals surface area contributed by atoms with Crippen LogP contribution in [0.25, 0.3) is 0 Å². The lowest BCUT2D eigenvalue weighted by Gasteiger charge is -2.25. The van der Waals surface area contributed by atoms with Crippen molar-refractivity contribution in [2.75, 3.05) is 6.54 Å². The molecule has 0 N–H and O–H groups in total. The van der Waals surface area contributed by atoms with Gasteiger partial charge in [-0.3, -0.25) is 4.79 Å². The molecular formula is C19H21Cl2NOS. The summed E-state index contributed by atoms with van der Waals surface area (Å²) in [6.45, 7) is 0.749. The molecule has 1 aliphatic heterocycles. The maximum Gasteiger partial charge on any atom is 0.222 e. The number of aryl methyl sites for hydroxylation is 1. The number of hydrogen-bond acceptors (Lipinski definition) is 2. The van der Waals surface area contributed by atoms with Crippen molar-refractivity contribution >= 4 is 40.4 Å². The molecule has 5 heteroatoms. The number of carbonyl (C=O) groups is 1. The summed E-state index contributed by atoms with van der Waals surface area (Å²) in [5, 5.41) is 3.42. The van der Waals surface area contributed by atoms with Crippen LogP contribution < -0.4 is 0 Å². The maximum atomic E-state index is 12.2. The molecule has 1 aromatic heterocycles. The number of halogens is 2. The molecule has 24 heavy (non-hydrogen) atoms. The monoisotopic (exact) mass is 381 g/mol. The molecule has 1 saturated heterocycles. The van der Waals surface area contributed by atoms with E-state index in [0.29, 0.717) is 22.5 Å². The highest BCUT2D eigenvalue weighted by Crippen LogP contribution is 2.25. The summed E-state index contributed by atoms with van der Waals surface area (Å²) in [7, 11) is 0. The van der Waals surface area contributed by atoms with Gasteiger partial charge < -0.3 is 4.90 Å². The number of thiophene rings is 1. The molecule has 2 heterocycles. The Kier molecular flexibility index (Phi) is 6.20.